The molecule has 0 N–H and O–H groups in total. The lowest BCUT2D eigenvalue weighted by Gasteiger charge is -1.96. The second-order valence-electron chi connectivity index (χ2n) is 3.49. The van der Waals surface area contributed by atoms with Crippen LogP contribution in [0.3, 0.4) is 0 Å². The van der Waals surface area contributed by atoms with Gasteiger partial charge in [0, 0.05) is 22.4 Å². The number of nitrogens with zero attached hydrogens (tertiary/aromatic N) is 1. The van der Waals surface area contributed by atoms with Gasteiger partial charge >= 0.3 is 0 Å². The maximum absolute atomic E-state index is 11.8. The first kappa shape index (κ1) is 11.7. The monoisotopic (exact) mass is 287 g/mol. The summed E-state index contributed by atoms with van der Waals surface area (Å²) in [6.07, 6.45) is 6.73. The number of carbonyl (C=O) groups excluding carboxylic acids is 1. The van der Waals surface area contributed by atoms with E-state index < -0.39 is 0 Å². The van der Waals surface area contributed by atoms with E-state index in [4.69, 9.17) is 0 Å². The van der Waals surface area contributed by atoms with Gasteiger partial charge in [0.2, 0.25) is 0 Å². The van der Waals surface area contributed by atoms with E-state index in [-0.39, 0.29) is 5.78 Å². The summed E-state index contributed by atoms with van der Waals surface area (Å²) in [5.41, 5.74) is 1.59. The minimum absolute atomic E-state index is 0.0126. The largest absolute Gasteiger partial charge is 0.289 e. The average molecular weight is 288 g/mol. The minimum Gasteiger partial charge on any atom is -0.289 e. The molecule has 1 aromatic heterocycles. The number of hydrogen-bond acceptors (Lipinski definition) is 2. The van der Waals surface area contributed by atoms with Crippen molar-refractivity contribution in [2.75, 3.05) is 0 Å². The first-order valence-corrected chi connectivity index (χ1v) is 5.93. The SMILES string of the molecule is O=C(C=Cc1cccnc1)c1ccc(Br)cc1. The number of pyridine rings is 1. The van der Waals surface area contributed by atoms with Crippen molar-refractivity contribution >= 4 is 27.8 Å². The van der Waals surface area contributed by atoms with Gasteiger partial charge in [-0.05, 0) is 48.0 Å². The third-order valence-electron chi connectivity index (χ3n) is 2.24. The highest BCUT2D eigenvalue weighted by Gasteiger charge is 2.00. The molecule has 0 aliphatic heterocycles. The van der Waals surface area contributed by atoms with E-state index in [1.54, 1.807) is 36.7 Å². The summed E-state index contributed by atoms with van der Waals surface area (Å²) in [5.74, 6) is -0.0126. The normalized spacial score (nSPS) is 10.6. The van der Waals surface area contributed by atoms with Crippen LogP contribution in [0.1, 0.15) is 15.9 Å². The zero-order chi connectivity index (χ0) is 12.1. The first-order chi connectivity index (χ1) is 8.25. The van der Waals surface area contributed by atoms with Gasteiger partial charge in [0.15, 0.2) is 5.78 Å². The topological polar surface area (TPSA) is 30.0 Å². The van der Waals surface area contributed by atoms with Gasteiger partial charge in [-0.2, -0.15) is 0 Å². The second kappa shape index (κ2) is 5.55. The molecule has 0 fully saturated rings. The van der Waals surface area contributed by atoms with Gasteiger partial charge < -0.3 is 0 Å². The van der Waals surface area contributed by atoms with Gasteiger partial charge in [-0.3, -0.25) is 9.78 Å². The molecule has 84 valence electrons. The lowest BCUT2D eigenvalue weighted by molar-refractivity contribution is 0.104. The molecule has 3 heteroatoms. The standard InChI is InChI=1S/C14H10BrNO/c15-13-6-4-12(5-7-13)14(17)8-3-11-2-1-9-16-10-11/h1-10H. The van der Waals surface area contributed by atoms with Gasteiger partial charge in [-0.25, -0.2) is 0 Å². The third-order valence-corrected chi connectivity index (χ3v) is 2.77. The van der Waals surface area contributed by atoms with Crippen LogP contribution in [0.4, 0.5) is 0 Å². The van der Waals surface area contributed by atoms with E-state index in [0.29, 0.717) is 5.56 Å². The number of allylic oxidation sites excluding steroid dienone is 1. The molecule has 0 amide bonds. The van der Waals surface area contributed by atoms with Crippen LogP contribution >= 0.6 is 15.9 Å². The number of ketones is 1. The molecule has 2 nitrogen and oxygen atoms in total. The number of benzene rings is 1. The third kappa shape index (κ3) is 3.36. The van der Waals surface area contributed by atoms with Crippen molar-refractivity contribution < 1.29 is 4.79 Å². The maximum Gasteiger partial charge on any atom is 0.185 e. The van der Waals surface area contributed by atoms with E-state index >= 15 is 0 Å². The molecular formula is C14H10BrNO. The van der Waals surface area contributed by atoms with Crippen LogP contribution in [0.5, 0.6) is 0 Å². The van der Waals surface area contributed by atoms with Gasteiger partial charge in [-0.15, -0.1) is 0 Å². The molecule has 2 rings (SSSR count). The molecule has 0 bridgehead atoms. The Labute approximate surface area is 108 Å². The Kier molecular flexibility index (Phi) is 3.83. The molecule has 0 radical (unpaired) electrons. The molecule has 0 saturated carbocycles. The fourth-order valence-corrected chi connectivity index (χ4v) is 1.62. The maximum atomic E-state index is 11.8. The lowest BCUT2D eigenvalue weighted by Crippen LogP contribution is -1.93. The van der Waals surface area contributed by atoms with Crippen LogP contribution in [-0.2, 0) is 0 Å². The van der Waals surface area contributed by atoms with Crippen molar-refractivity contribution in [1.82, 2.24) is 4.98 Å². The summed E-state index contributed by atoms with van der Waals surface area (Å²) in [4.78, 5) is 15.8. The van der Waals surface area contributed by atoms with Crippen molar-refractivity contribution in [2.45, 2.75) is 0 Å². The molecule has 0 aliphatic carbocycles. The Morgan fingerprint density at radius 3 is 2.59 bits per heavy atom. The van der Waals surface area contributed by atoms with Crippen molar-refractivity contribution in [1.29, 1.82) is 0 Å². The number of halogens is 1. The van der Waals surface area contributed by atoms with Crippen molar-refractivity contribution in [3.63, 3.8) is 0 Å². The Balaban J connectivity index is 2.12. The number of hydrogen-bond donors (Lipinski definition) is 0. The second-order valence-corrected chi connectivity index (χ2v) is 4.41. The predicted molar refractivity (Wildman–Crippen MR) is 71.7 cm³/mol. The predicted octanol–water partition coefficient (Wildman–Crippen LogP) is 3.74. The molecule has 0 saturated heterocycles. The van der Waals surface area contributed by atoms with Gasteiger partial charge in [0.05, 0.1) is 0 Å². The molecule has 2 aromatic rings. The molecule has 1 aromatic carbocycles. The Bertz CT molecular complexity index is 532. The van der Waals surface area contributed by atoms with E-state index in [1.165, 1.54) is 0 Å². The molecular weight excluding hydrogens is 278 g/mol. The lowest BCUT2D eigenvalue weighted by atomic mass is 10.1. The fourth-order valence-electron chi connectivity index (χ4n) is 1.36. The summed E-state index contributed by atoms with van der Waals surface area (Å²) >= 11 is 3.33. The number of carbonyl (C=O) groups is 1. The minimum atomic E-state index is -0.0126. The quantitative estimate of drug-likeness (QED) is 0.636. The van der Waals surface area contributed by atoms with Gasteiger partial charge in [0.25, 0.3) is 0 Å². The molecule has 0 unspecified atom stereocenters. The van der Waals surface area contributed by atoms with Crippen molar-refractivity contribution in [2.24, 2.45) is 0 Å². The van der Waals surface area contributed by atoms with E-state index in [1.807, 2.05) is 24.3 Å². The summed E-state index contributed by atoms with van der Waals surface area (Å²) in [6, 6.07) is 11.0. The average Bonchev–Trinajstić information content (AvgIpc) is 2.38. The summed E-state index contributed by atoms with van der Waals surface area (Å²) in [7, 11) is 0. The molecule has 0 atom stereocenters. The van der Waals surface area contributed by atoms with Crippen LogP contribution in [-0.4, -0.2) is 10.8 Å². The van der Waals surface area contributed by atoms with Crippen LogP contribution in [0, 0.1) is 0 Å². The van der Waals surface area contributed by atoms with Crippen molar-refractivity contribution in [3.8, 4) is 0 Å². The van der Waals surface area contributed by atoms with Crippen LogP contribution in [0.15, 0.2) is 59.3 Å². The molecule has 17 heavy (non-hydrogen) atoms. The van der Waals surface area contributed by atoms with E-state index in [0.717, 1.165) is 10.0 Å². The highest BCUT2D eigenvalue weighted by molar-refractivity contribution is 9.10. The summed E-state index contributed by atoms with van der Waals surface area (Å²) in [5, 5.41) is 0. The van der Waals surface area contributed by atoms with Gasteiger partial charge in [0.1, 0.15) is 0 Å². The highest BCUT2D eigenvalue weighted by Crippen LogP contribution is 2.11. The van der Waals surface area contributed by atoms with Crippen LogP contribution < -0.4 is 0 Å². The summed E-state index contributed by atoms with van der Waals surface area (Å²) < 4.78 is 0.963. The zero-order valence-electron chi connectivity index (χ0n) is 9.01. The smallest absolute Gasteiger partial charge is 0.185 e. The van der Waals surface area contributed by atoms with Crippen molar-refractivity contribution in [3.05, 3.63) is 70.5 Å². The Morgan fingerprint density at radius 1 is 1.18 bits per heavy atom. The number of rotatable bonds is 3. The van der Waals surface area contributed by atoms with Crippen LogP contribution in [0.25, 0.3) is 6.08 Å². The highest BCUT2D eigenvalue weighted by atomic mass is 79.9. The van der Waals surface area contributed by atoms with E-state index in [2.05, 4.69) is 20.9 Å². The molecule has 1 heterocycles. The first-order valence-electron chi connectivity index (χ1n) is 5.14. The number of aromatic nitrogens is 1. The zero-order valence-corrected chi connectivity index (χ0v) is 10.6. The molecule has 0 aliphatic rings. The van der Waals surface area contributed by atoms with Crippen LogP contribution in [0.2, 0.25) is 0 Å². The van der Waals surface area contributed by atoms with E-state index in [9.17, 15) is 4.79 Å². The van der Waals surface area contributed by atoms with Gasteiger partial charge in [-0.1, -0.05) is 22.0 Å². The Morgan fingerprint density at radius 2 is 1.94 bits per heavy atom. The summed E-state index contributed by atoms with van der Waals surface area (Å²) in [6.45, 7) is 0. The fraction of sp³-hybridized carbons (Fsp3) is 0. The Hall–Kier alpha value is -1.74. The molecule has 0 spiro atoms.